The summed E-state index contributed by atoms with van der Waals surface area (Å²) >= 11 is 7.11. The SMILES string of the molecule is C[Si](C)(C)CCOCn1cc(Br)cc1C(=O)NC[C@H](/C=c1\[nH]c2n(c1=O)Cc1ccccc1CN=2)[C@@H](/C=c1\[nH]c2n(c1=O)Cc1ccccc1CN=2)CNC(=O)c1cc(Br)cn1COCC[Si](C)(C)C. The summed E-state index contributed by atoms with van der Waals surface area (Å²) in [7, 11) is -2.69. The number of hydrogen-bond donors (Lipinski definition) is 4. The monoisotopic (exact) mass is 1110 g/mol. The van der Waals surface area contributed by atoms with Gasteiger partial charge in [0.2, 0.25) is 11.2 Å². The number of rotatable bonds is 19. The van der Waals surface area contributed by atoms with Crippen LogP contribution in [0.25, 0.3) is 12.2 Å². The quantitative estimate of drug-likeness (QED) is 0.0643. The van der Waals surface area contributed by atoms with Crippen LogP contribution in [-0.4, -0.2) is 82.5 Å². The molecule has 2 atom stereocenters. The van der Waals surface area contributed by atoms with Crippen molar-refractivity contribution in [2.75, 3.05) is 26.3 Å². The van der Waals surface area contributed by atoms with Gasteiger partial charge in [0, 0.05) is 75.6 Å². The molecule has 0 spiro atoms. The summed E-state index contributed by atoms with van der Waals surface area (Å²) in [6.45, 7) is 16.7. The van der Waals surface area contributed by atoms with E-state index in [-0.39, 0.29) is 60.2 Å². The number of aromatic amines is 2. The molecule has 8 rings (SSSR count). The first-order chi connectivity index (χ1) is 33.4. The molecule has 0 saturated carbocycles. The van der Waals surface area contributed by atoms with E-state index in [2.05, 4.69) is 91.7 Å². The van der Waals surface area contributed by atoms with Crippen molar-refractivity contribution in [1.82, 2.24) is 38.9 Å². The average molecular weight is 1120 g/mol. The maximum atomic E-state index is 14.4. The van der Waals surface area contributed by atoms with E-state index in [1.165, 1.54) is 0 Å². The van der Waals surface area contributed by atoms with Gasteiger partial charge in [-0.2, -0.15) is 0 Å². The maximum absolute atomic E-state index is 14.4. The van der Waals surface area contributed by atoms with Crippen molar-refractivity contribution in [2.45, 2.75) is 91.0 Å². The lowest BCUT2D eigenvalue weighted by molar-refractivity contribution is 0.0785. The number of H-pyrrole nitrogens is 2. The zero-order chi connectivity index (χ0) is 49.7. The van der Waals surface area contributed by atoms with E-state index in [1.807, 2.05) is 60.9 Å². The Hall–Kier alpha value is -5.39. The van der Waals surface area contributed by atoms with Gasteiger partial charge in [-0.3, -0.25) is 28.3 Å². The summed E-state index contributed by atoms with van der Waals surface area (Å²) in [5.74, 6) is -2.10. The fraction of sp³-hybridized carbons (Fsp3) is 0.400. The second-order valence-corrected chi connectivity index (χ2v) is 33.6. The molecule has 4 N–H and O–H groups in total. The smallest absolute Gasteiger partial charge is 0.277 e. The van der Waals surface area contributed by atoms with Crippen LogP contribution in [0.5, 0.6) is 0 Å². The molecular formula is C50H62Br2N10O6Si2. The number of amides is 2. The van der Waals surface area contributed by atoms with Crippen LogP contribution in [0.1, 0.15) is 43.2 Å². The summed E-state index contributed by atoms with van der Waals surface area (Å²) in [6, 6.07) is 21.3. The third-order valence-corrected chi connectivity index (χ3v) is 16.9. The van der Waals surface area contributed by atoms with Crippen molar-refractivity contribution in [1.29, 1.82) is 0 Å². The largest absolute Gasteiger partial charge is 0.361 e. The van der Waals surface area contributed by atoms with Gasteiger partial charge >= 0.3 is 0 Å². The number of carbonyl (C=O) groups is 2. The molecule has 2 amide bonds. The van der Waals surface area contributed by atoms with E-state index in [0.29, 0.717) is 71.0 Å². The molecule has 0 fully saturated rings. The van der Waals surface area contributed by atoms with Crippen LogP contribution in [0.4, 0.5) is 0 Å². The molecule has 20 heteroatoms. The Morgan fingerprint density at radius 3 is 1.43 bits per heavy atom. The molecule has 6 heterocycles. The number of ether oxygens (including phenoxy) is 2. The van der Waals surface area contributed by atoms with E-state index in [4.69, 9.17) is 19.5 Å². The van der Waals surface area contributed by atoms with E-state index >= 15 is 0 Å². The van der Waals surface area contributed by atoms with Gasteiger partial charge in [-0.1, -0.05) is 87.8 Å². The van der Waals surface area contributed by atoms with Crippen LogP contribution in [0.2, 0.25) is 51.4 Å². The fourth-order valence-electron chi connectivity index (χ4n) is 8.45. The fourth-order valence-corrected chi connectivity index (χ4v) is 10.9. The van der Waals surface area contributed by atoms with Crippen LogP contribution in [0.15, 0.2) is 102 Å². The first-order valence-corrected chi connectivity index (χ1v) is 32.7. The number of nitrogens with zero attached hydrogens (tertiary/aromatic N) is 6. The minimum Gasteiger partial charge on any atom is -0.361 e. The lowest BCUT2D eigenvalue weighted by Crippen LogP contribution is -2.41. The van der Waals surface area contributed by atoms with Crippen LogP contribution < -0.4 is 43.7 Å². The molecule has 2 aliphatic rings. The minimum atomic E-state index is -1.34. The Kier molecular flexibility index (Phi) is 16.0. The lowest BCUT2D eigenvalue weighted by Gasteiger charge is -2.23. The van der Waals surface area contributed by atoms with E-state index in [0.717, 1.165) is 34.3 Å². The third kappa shape index (κ3) is 12.7. The van der Waals surface area contributed by atoms with Crippen molar-refractivity contribution in [3.8, 4) is 0 Å². The van der Waals surface area contributed by atoms with Gasteiger partial charge in [0.05, 0.1) is 26.2 Å². The van der Waals surface area contributed by atoms with Gasteiger partial charge in [-0.05, 0) is 90.5 Å². The standard InChI is InChI=1S/C50H62Br2N10O6Si2/c1-69(2,3)17-15-67-31-59-29-39(51)21-43(59)45(63)53-25-37(19-41-47(65)61-27-35-13-9-7-11-33(35)23-55-49(61)57-41)38(20-42-48(66)62-28-36-14-10-8-12-34(36)24-56-50(62)58-42)26-54-46(64)44-22-40(52)30-60(44)32-68-16-18-70(4,5)6/h7-14,19-22,29-30,37-38H,15-18,23-28,31-32H2,1-6H3,(H,53,63)(H,54,64)(H,55,57)(H,56,58)/b41-19-,42-20-/t37-,38-/m0/s1. The zero-order valence-electron chi connectivity index (χ0n) is 40.6. The number of halogens is 2. The van der Waals surface area contributed by atoms with Gasteiger partial charge in [0.1, 0.15) is 35.5 Å². The van der Waals surface area contributed by atoms with Gasteiger partial charge in [0.25, 0.3) is 22.9 Å². The van der Waals surface area contributed by atoms with Crippen molar-refractivity contribution >= 4 is 72.0 Å². The first-order valence-electron chi connectivity index (χ1n) is 23.7. The number of nitrogens with one attached hydrogen (secondary N) is 4. The number of carbonyl (C=O) groups excluding carboxylic acids is 2. The van der Waals surface area contributed by atoms with Crippen molar-refractivity contribution in [3.05, 3.63) is 158 Å². The summed E-state index contributed by atoms with van der Waals surface area (Å²) in [6.07, 6.45) is 7.19. The molecule has 370 valence electrons. The highest BCUT2D eigenvalue weighted by atomic mass is 79.9. The Morgan fingerprint density at radius 2 is 1.04 bits per heavy atom. The number of aromatic nitrogens is 6. The molecule has 0 saturated heterocycles. The zero-order valence-corrected chi connectivity index (χ0v) is 45.8. The van der Waals surface area contributed by atoms with Crippen LogP contribution in [-0.2, 0) is 49.1 Å². The Morgan fingerprint density at radius 1 is 0.657 bits per heavy atom. The van der Waals surface area contributed by atoms with Crippen LogP contribution in [0.3, 0.4) is 0 Å². The van der Waals surface area contributed by atoms with Crippen molar-refractivity contribution < 1.29 is 19.1 Å². The Bertz CT molecular complexity index is 3050. The second kappa shape index (κ2) is 21.9. The van der Waals surface area contributed by atoms with Gasteiger partial charge in [-0.15, -0.1) is 0 Å². The average Bonchev–Trinajstić information content (AvgIpc) is 3.97. The highest BCUT2D eigenvalue weighted by Crippen LogP contribution is 2.21. The molecule has 6 aromatic rings. The summed E-state index contributed by atoms with van der Waals surface area (Å²) in [5.41, 5.74) is 5.09. The summed E-state index contributed by atoms with van der Waals surface area (Å²) in [4.78, 5) is 73.5. The molecule has 0 unspecified atom stereocenters. The Labute approximate surface area is 424 Å². The number of benzene rings is 2. The molecule has 0 radical (unpaired) electrons. The first kappa shape index (κ1) is 51.0. The molecular weight excluding hydrogens is 1050 g/mol. The molecule has 0 bridgehead atoms. The molecule has 4 aromatic heterocycles. The molecule has 2 aromatic carbocycles. The predicted octanol–water partition coefficient (Wildman–Crippen LogP) is 5.14. The van der Waals surface area contributed by atoms with E-state index in [9.17, 15) is 19.2 Å². The predicted molar refractivity (Wildman–Crippen MR) is 283 cm³/mol. The van der Waals surface area contributed by atoms with Gasteiger partial charge < -0.3 is 39.2 Å². The maximum Gasteiger partial charge on any atom is 0.277 e. The van der Waals surface area contributed by atoms with Crippen LogP contribution >= 0.6 is 31.9 Å². The molecule has 70 heavy (non-hydrogen) atoms. The number of imidazole rings is 2. The summed E-state index contributed by atoms with van der Waals surface area (Å²) in [5, 5.41) is 6.81. The Balaban J connectivity index is 1.18. The highest BCUT2D eigenvalue weighted by Gasteiger charge is 2.26. The highest BCUT2D eigenvalue weighted by molar-refractivity contribution is 9.10. The minimum absolute atomic E-state index is 0.00921. The normalized spacial score (nSPS) is 14.9. The summed E-state index contributed by atoms with van der Waals surface area (Å²) < 4.78 is 20.3. The van der Waals surface area contributed by atoms with Crippen LogP contribution in [0, 0.1) is 11.8 Å². The topological polar surface area (TPSA) is 187 Å². The number of fused-ring (bicyclic) bond motifs is 4. The van der Waals surface area contributed by atoms with Crippen molar-refractivity contribution in [3.63, 3.8) is 0 Å². The molecule has 0 aliphatic carbocycles. The second-order valence-electron chi connectivity index (χ2n) is 20.5. The van der Waals surface area contributed by atoms with E-state index < -0.39 is 28.0 Å². The lowest BCUT2D eigenvalue weighted by atomic mass is 9.90. The van der Waals surface area contributed by atoms with Gasteiger partial charge in [-0.25, -0.2) is 9.98 Å². The van der Waals surface area contributed by atoms with Crippen molar-refractivity contribution in [2.24, 2.45) is 21.8 Å². The molecule has 2 aliphatic heterocycles. The molecule has 16 nitrogen and oxygen atoms in total. The number of hydrogen-bond acceptors (Lipinski definition) is 8. The van der Waals surface area contributed by atoms with Gasteiger partial charge in [0.15, 0.2) is 0 Å². The third-order valence-electron chi connectivity index (χ3n) is 12.6. The van der Waals surface area contributed by atoms with E-state index in [1.54, 1.807) is 42.6 Å².